The predicted molar refractivity (Wildman–Crippen MR) is 69.0 cm³/mol. The molecule has 92 valence electrons. The highest BCUT2D eigenvalue weighted by atomic mass is 35.5. The van der Waals surface area contributed by atoms with Gasteiger partial charge in [-0.3, -0.25) is 9.78 Å². The number of aromatic nitrogens is 3. The van der Waals surface area contributed by atoms with E-state index in [1.165, 1.54) is 12.5 Å². The van der Waals surface area contributed by atoms with Crippen LogP contribution in [0.1, 0.15) is 16.1 Å². The second kappa shape index (κ2) is 5.29. The Kier molecular flexibility index (Phi) is 3.74. The number of carbonyl (C=O) groups excluding carboxylic acids is 1. The van der Waals surface area contributed by atoms with E-state index in [-0.39, 0.29) is 16.0 Å². The summed E-state index contributed by atoms with van der Waals surface area (Å²) in [5.41, 5.74) is 1.23. The summed E-state index contributed by atoms with van der Waals surface area (Å²) in [7, 11) is 0. The second-order valence-electron chi connectivity index (χ2n) is 3.45. The van der Waals surface area contributed by atoms with Crippen molar-refractivity contribution in [3.8, 4) is 0 Å². The lowest BCUT2D eigenvalue weighted by Gasteiger charge is -2.08. The lowest BCUT2D eigenvalue weighted by molar-refractivity contribution is 0.102. The van der Waals surface area contributed by atoms with Gasteiger partial charge in [0.25, 0.3) is 5.91 Å². The average Bonchev–Trinajstić information content (AvgIpc) is 2.34. The lowest BCUT2D eigenvalue weighted by atomic mass is 10.2. The molecule has 2 rings (SSSR count). The van der Waals surface area contributed by atoms with Gasteiger partial charge in [0.15, 0.2) is 10.3 Å². The molecule has 2 heterocycles. The third-order valence-corrected chi connectivity index (χ3v) is 2.79. The van der Waals surface area contributed by atoms with Gasteiger partial charge in [0.05, 0.1) is 0 Å². The molecule has 0 aliphatic rings. The Balaban J connectivity index is 2.30. The van der Waals surface area contributed by atoms with Crippen molar-refractivity contribution in [1.29, 1.82) is 0 Å². The zero-order valence-electron chi connectivity index (χ0n) is 9.32. The summed E-state index contributed by atoms with van der Waals surface area (Å²) in [6.07, 6.45) is 2.75. The number of hydrogen-bond acceptors (Lipinski definition) is 4. The van der Waals surface area contributed by atoms with Crippen molar-refractivity contribution in [2.75, 3.05) is 5.32 Å². The molecule has 0 unspecified atom stereocenters. The molecule has 2 aromatic rings. The quantitative estimate of drug-likeness (QED) is 0.860. The van der Waals surface area contributed by atoms with Crippen LogP contribution in [0, 0.1) is 6.92 Å². The Morgan fingerprint density at radius 1 is 1.22 bits per heavy atom. The molecule has 0 radical (unpaired) electrons. The Labute approximate surface area is 113 Å². The van der Waals surface area contributed by atoms with Crippen molar-refractivity contribution < 1.29 is 4.79 Å². The molecule has 0 fully saturated rings. The van der Waals surface area contributed by atoms with Crippen molar-refractivity contribution in [2.45, 2.75) is 6.92 Å². The lowest BCUT2D eigenvalue weighted by Crippen LogP contribution is -2.16. The van der Waals surface area contributed by atoms with Crippen molar-refractivity contribution in [3.63, 3.8) is 0 Å². The molecular weight excluding hydrogens is 275 g/mol. The van der Waals surface area contributed by atoms with Gasteiger partial charge in [-0.05, 0) is 18.6 Å². The van der Waals surface area contributed by atoms with Gasteiger partial charge in [0.1, 0.15) is 17.7 Å². The topological polar surface area (TPSA) is 67.8 Å². The van der Waals surface area contributed by atoms with Gasteiger partial charge in [0.2, 0.25) is 0 Å². The molecule has 5 nitrogen and oxygen atoms in total. The minimum Gasteiger partial charge on any atom is -0.315 e. The molecule has 1 amide bonds. The number of amides is 1. The van der Waals surface area contributed by atoms with Crippen LogP contribution < -0.4 is 5.32 Å². The van der Waals surface area contributed by atoms with E-state index >= 15 is 0 Å². The molecule has 18 heavy (non-hydrogen) atoms. The van der Waals surface area contributed by atoms with E-state index < -0.39 is 5.91 Å². The highest BCUT2D eigenvalue weighted by Gasteiger charge is 2.15. The van der Waals surface area contributed by atoms with Gasteiger partial charge in [-0.1, -0.05) is 29.3 Å². The molecule has 0 aliphatic heterocycles. The normalized spacial score (nSPS) is 10.2. The molecule has 1 N–H and O–H groups in total. The standard InChI is InChI=1S/C11H8Cl2N4O/c1-6-3-2-4-14-7(6)11(18)17-8-9(12)15-5-16-10(8)13/h2-5H,1H3,(H,17,18). The van der Waals surface area contributed by atoms with Gasteiger partial charge in [0, 0.05) is 6.20 Å². The van der Waals surface area contributed by atoms with E-state index in [2.05, 4.69) is 20.3 Å². The predicted octanol–water partition coefficient (Wildman–Crippen LogP) is 2.74. The number of pyridine rings is 1. The Hall–Kier alpha value is -1.72. The summed E-state index contributed by atoms with van der Waals surface area (Å²) < 4.78 is 0. The molecule has 0 atom stereocenters. The minimum atomic E-state index is -0.410. The molecule has 0 aliphatic carbocycles. The average molecular weight is 283 g/mol. The third-order valence-electron chi connectivity index (χ3n) is 2.22. The van der Waals surface area contributed by atoms with E-state index in [4.69, 9.17) is 23.2 Å². The maximum atomic E-state index is 12.0. The van der Waals surface area contributed by atoms with E-state index in [0.717, 1.165) is 5.56 Å². The number of halogens is 2. The SMILES string of the molecule is Cc1cccnc1C(=O)Nc1c(Cl)ncnc1Cl. The van der Waals surface area contributed by atoms with E-state index in [1.54, 1.807) is 19.1 Å². The van der Waals surface area contributed by atoms with Crippen LogP contribution in [0.25, 0.3) is 0 Å². The molecule has 0 aromatic carbocycles. The molecule has 0 saturated carbocycles. The summed E-state index contributed by atoms with van der Waals surface area (Å²) in [6.45, 7) is 1.78. The highest BCUT2D eigenvalue weighted by molar-refractivity contribution is 6.38. The van der Waals surface area contributed by atoms with Crippen LogP contribution >= 0.6 is 23.2 Å². The van der Waals surface area contributed by atoms with Crippen LogP contribution in [0.15, 0.2) is 24.7 Å². The highest BCUT2D eigenvalue weighted by Crippen LogP contribution is 2.26. The fraction of sp³-hybridized carbons (Fsp3) is 0.0909. The Bertz CT molecular complexity index is 583. The van der Waals surface area contributed by atoms with E-state index in [9.17, 15) is 4.79 Å². The number of nitrogens with one attached hydrogen (secondary N) is 1. The summed E-state index contributed by atoms with van der Waals surface area (Å²) >= 11 is 11.7. The minimum absolute atomic E-state index is 0.0805. The zero-order chi connectivity index (χ0) is 13.1. The first-order valence-corrected chi connectivity index (χ1v) is 5.74. The summed E-state index contributed by atoms with van der Waals surface area (Å²) in [5.74, 6) is -0.410. The number of nitrogens with zero attached hydrogens (tertiary/aromatic N) is 3. The zero-order valence-corrected chi connectivity index (χ0v) is 10.8. The largest absolute Gasteiger partial charge is 0.315 e. The molecule has 7 heteroatoms. The van der Waals surface area contributed by atoms with Gasteiger partial charge in [-0.2, -0.15) is 0 Å². The van der Waals surface area contributed by atoms with Crippen LogP contribution in [0.2, 0.25) is 10.3 Å². The van der Waals surface area contributed by atoms with Gasteiger partial charge in [-0.15, -0.1) is 0 Å². The number of rotatable bonds is 2. The first kappa shape index (κ1) is 12.7. The Morgan fingerprint density at radius 3 is 2.50 bits per heavy atom. The maximum absolute atomic E-state index is 12.0. The van der Waals surface area contributed by atoms with Gasteiger partial charge < -0.3 is 5.32 Å². The number of carbonyl (C=O) groups is 1. The van der Waals surface area contributed by atoms with Gasteiger partial charge >= 0.3 is 0 Å². The fourth-order valence-corrected chi connectivity index (χ4v) is 1.75. The van der Waals surface area contributed by atoms with Gasteiger partial charge in [-0.25, -0.2) is 9.97 Å². The monoisotopic (exact) mass is 282 g/mol. The van der Waals surface area contributed by atoms with Crippen molar-refractivity contribution in [1.82, 2.24) is 15.0 Å². The fourth-order valence-electron chi connectivity index (χ4n) is 1.34. The number of aryl methyl sites for hydroxylation is 1. The first-order valence-electron chi connectivity index (χ1n) is 4.98. The number of hydrogen-bond donors (Lipinski definition) is 1. The van der Waals surface area contributed by atoms with Crippen molar-refractivity contribution >= 4 is 34.8 Å². The second-order valence-corrected chi connectivity index (χ2v) is 4.17. The molecule has 0 saturated heterocycles. The molecule has 2 aromatic heterocycles. The summed E-state index contributed by atoms with van der Waals surface area (Å²) in [6, 6.07) is 3.53. The van der Waals surface area contributed by atoms with Crippen molar-refractivity contribution in [3.05, 3.63) is 46.2 Å². The van der Waals surface area contributed by atoms with Crippen LogP contribution in [0.5, 0.6) is 0 Å². The van der Waals surface area contributed by atoms with Crippen molar-refractivity contribution in [2.24, 2.45) is 0 Å². The molecule has 0 bridgehead atoms. The Morgan fingerprint density at radius 2 is 1.89 bits per heavy atom. The van der Waals surface area contributed by atoms with E-state index in [0.29, 0.717) is 5.69 Å². The third kappa shape index (κ3) is 2.57. The smallest absolute Gasteiger partial charge is 0.274 e. The summed E-state index contributed by atoms with van der Waals surface area (Å²) in [4.78, 5) is 23.5. The van der Waals surface area contributed by atoms with Crippen LogP contribution in [0.3, 0.4) is 0 Å². The van der Waals surface area contributed by atoms with Crippen LogP contribution in [-0.2, 0) is 0 Å². The number of anilines is 1. The molecular formula is C11H8Cl2N4O. The van der Waals surface area contributed by atoms with Crippen LogP contribution in [0.4, 0.5) is 5.69 Å². The molecule has 0 spiro atoms. The van der Waals surface area contributed by atoms with Crippen LogP contribution in [-0.4, -0.2) is 20.9 Å². The van der Waals surface area contributed by atoms with E-state index in [1.807, 2.05) is 0 Å². The maximum Gasteiger partial charge on any atom is 0.274 e. The first-order chi connectivity index (χ1) is 8.59. The summed E-state index contributed by atoms with van der Waals surface area (Å²) in [5, 5.41) is 2.71.